The van der Waals surface area contributed by atoms with Gasteiger partial charge in [-0.3, -0.25) is 9.59 Å². The second-order valence-electron chi connectivity index (χ2n) is 11.5. The lowest BCUT2D eigenvalue weighted by molar-refractivity contribution is -0.140. The van der Waals surface area contributed by atoms with Crippen molar-refractivity contribution in [2.24, 2.45) is 0 Å². The Balaban J connectivity index is 2.50. The van der Waals surface area contributed by atoms with E-state index in [2.05, 4.69) is 17.6 Å². The third-order valence-electron chi connectivity index (χ3n) is 6.77. The molecule has 0 bridgehead atoms. The Morgan fingerprint density at radius 2 is 1.62 bits per heavy atom. The van der Waals surface area contributed by atoms with Crippen LogP contribution in [-0.2, 0) is 14.3 Å². The smallest absolute Gasteiger partial charge is 0.408 e. The van der Waals surface area contributed by atoms with Crippen LogP contribution in [0.5, 0.6) is 0 Å². The van der Waals surface area contributed by atoms with Crippen molar-refractivity contribution in [1.29, 1.82) is 0 Å². The molecule has 0 saturated carbocycles. The van der Waals surface area contributed by atoms with Crippen LogP contribution in [0, 0.1) is 20.8 Å². The largest absolute Gasteiger partial charge is 0.444 e. The monoisotopic (exact) mass is 571 g/mol. The summed E-state index contributed by atoms with van der Waals surface area (Å²) in [7, 11) is 0. The molecule has 2 atom stereocenters. The van der Waals surface area contributed by atoms with Crippen LogP contribution < -0.4 is 10.6 Å². The topological polar surface area (TPSA) is 87.7 Å². The molecule has 8 heteroatoms. The van der Waals surface area contributed by atoms with E-state index in [-0.39, 0.29) is 11.8 Å². The molecule has 2 unspecified atom stereocenters. The quantitative estimate of drug-likeness (QED) is 0.256. The number of amides is 3. The lowest BCUT2D eigenvalue weighted by atomic mass is 9.97. The number of ether oxygens (including phenoxy) is 1. The number of carbonyl (C=O) groups excluding carboxylic acids is 3. The van der Waals surface area contributed by atoms with Crippen LogP contribution in [0.1, 0.15) is 95.0 Å². The Kier molecular flexibility index (Phi) is 12.5. The predicted molar refractivity (Wildman–Crippen MR) is 163 cm³/mol. The number of hydrogen-bond acceptors (Lipinski definition) is 4. The second kappa shape index (κ2) is 15.1. The highest BCUT2D eigenvalue weighted by molar-refractivity contribution is 6.34. The zero-order valence-electron chi connectivity index (χ0n) is 25.3. The van der Waals surface area contributed by atoms with Gasteiger partial charge in [0.15, 0.2) is 0 Å². The molecule has 2 rings (SSSR count). The maximum atomic E-state index is 14.1. The van der Waals surface area contributed by atoms with E-state index in [1.54, 1.807) is 38.7 Å². The van der Waals surface area contributed by atoms with E-state index in [0.717, 1.165) is 48.8 Å². The molecule has 0 radical (unpaired) electrons. The molecule has 0 aliphatic carbocycles. The molecule has 2 N–H and O–H groups in total. The fraction of sp³-hybridized carbons (Fsp3) is 0.531. The van der Waals surface area contributed by atoms with Crippen molar-refractivity contribution in [1.82, 2.24) is 10.2 Å². The third-order valence-corrected chi connectivity index (χ3v) is 7.08. The first-order chi connectivity index (χ1) is 18.7. The Hall–Kier alpha value is -3.06. The fourth-order valence-corrected chi connectivity index (χ4v) is 4.71. The number of benzene rings is 2. The minimum atomic E-state index is -0.934. The van der Waals surface area contributed by atoms with Gasteiger partial charge < -0.3 is 20.3 Å². The van der Waals surface area contributed by atoms with Crippen molar-refractivity contribution >= 4 is 35.2 Å². The molecule has 0 aliphatic rings. The van der Waals surface area contributed by atoms with E-state index >= 15 is 0 Å². The van der Waals surface area contributed by atoms with Crippen LogP contribution in [0.25, 0.3) is 0 Å². The maximum Gasteiger partial charge on any atom is 0.408 e. The normalized spacial score (nSPS) is 12.8. The fourth-order valence-electron chi connectivity index (χ4n) is 4.44. The highest BCUT2D eigenvalue weighted by atomic mass is 35.5. The van der Waals surface area contributed by atoms with Crippen LogP contribution in [0.2, 0.25) is 5.02 Å². The summed E-state index contributed by atoms with van der Waals surface area (Å²) in [5, 5.41) is 6.07. The summed E-state index contributed by atoms with van der Waals surface area (Å²) in [5.74, 6) is -0.735. The Morgan fingerprint density at radius 3 is 2.23 bits per heavy atom. The average molecular weight is 572 g/mol. The van der Waals surface area contributed by atoms with E-state index in [0.29, 0.717) is 22.8 Å². The van der Waals surface area contributed by atoms with E-state index in [4.69, 9.17) is 16.3 Å². The maximum absolute atomic E-state index is 14.1. The van der Waals surface area contributed by atoms with Crippen molar-refractivity contribution in [2.45, 2.75) is 105 Å². The molecule has 2 aromatic rings. The Labute approximate surface area is 245 Å². The van der Waals surface area contributed by atoms with Crippen LogP contribution >= 0.6 is 11.6 Å². The number of para-hydroxylation sites is 1. The number of aryl methyl sites for hydroxylation is 3. The predicted octanol–water partition coefficient (Wildman–Crippen LogP) is 7.66. The molecule has 0 heterocycles. The SMILES string of the molecule is CCCCCCCN(C(=O)C(C)NC(=O)OC(C)(C)C)C(C(=O)Nc1c(C)cccc1Cl)c1ccc(C)c(C)c1. The molecule has 0 aliphatic heterocycles. The van der Waals surface area contributed by atoms with Crippen LogP contribution in [0.15, 0.2) is 36.4 Å². The summed E-state index contributed by atoms with van der Waals surface area (Å²) in [6, 6.07) is 9.36. The minimum Gasteiger partial charge on any atom is -0.444 e. The summed E-state index contributed by atoms with van der Waals surface area (Å²) in [5.41, 5.74) is 3.41. The third kappa shape index (κ3) is 9.84. The number of hydrogen-bond donors (Lipinski definition) is 2. The highest BCUT2D eigenvalue weighted by Crippen LogP contribution is 2.30. The number of nitrogens with one attached hydrogen (secondary N) is 2. The van der Waals surface area contributed by atoms with Gasteiger partial charge in [-0.15, -0.1) is 0 Å². The molecule has 40 heavy (non-hydrogen) atoms. The summed E-state index contributed by atoms with van der Waals surface area (Å²) < 4.78 is 5.38. The molecule has 7 nitrogen and oxygen atoms in total. The van der Waals surface area contributed by atoms with Crippen molar-refractivity contribution in [3.05, 3.63) is 63.7 Å². The standard InChI is InChI=1S/C32H46ClN3O4/c1-9-10-11-12-13-19-36(30(38)24(5)34-31(39)40-32(6,7)8)28(25-18-17-21(2)23(4)20-25)29(37)35-27-22(3)15-14-16-26(27)33/h14-18,20,24,28H,9-13,19H2,1-8H3,(H,34,39)(H,35,37). The lowest BCUT2D eigenvalue weighted by Crippen LogP contribution is -2.51. The van der Waals surface area contributed by atoms with Gasteiger partial charge in [0, 0.05) is 6.54 Å². The molecule has 0 spiro atoms. The van der Waals surface area contributed by atoms with Crippen molar-refractivity contribution in [3.8, 4) is 0 Å². The van der Waals surface area contributed by atoms with Gasteiger partial charge >= 0.3 is 6.09 Å². The van der Waals surface area contributed by atoms with Crippen molar-refractivity contribution in [2.75, 3.05) is 11.9 Å². The summed E-state index contributed by atoms with van der Waals surface area (Å²) >= 11 is 6.45. The molecule has 0 fully saturated rings. The zero-order chi connectivity index (χ0) is 30.0. The van der Waals surface area contributed by atoms with Gasteiger partial charge in [0.2, 0.25) is 5.91 Å². The van der Waals surface area contributed by atoms with Gasteiger partial charge in [-0.25, -0.2) is 4.79 Å². The molecular formula is C32H46ClN3O4. The van der Waals surface area contributed by atoms with Crippen molar-refractivity contribution in [3.63, 3.8) is 0 Å². The minimum absolute atomic E-state index is 0.357. The van der Waals surface area contributed by atoms with Crippen LogP contribution in [0.3, 0.4) is 0 Å². The molecule has 0 aromatic heterocycles. The molecule has 0 saturated heterocycles. The number of alkyl carbamates (subject to hydrolysis) is 1. The van der Waals surface area contributed by atoms with Gasteiger partial charge in [-0.1, -0.05) is 74.5 Å². The number of rotatable bonds is 12. The summed E-state index contributed by atoms with van der Waals surface area (Å²) in [4.78, 5) is 42.1. The first-order valence-electron chi connectivity index (χ1n) is 14.2. The van der Waals surface area contributed by atoms with Gasteiger partial charge in [0.1, 0.15) is 17.7 Å². The van der Waals surface area contributed by atoms with Crippen molar-refractivity contribution < 1.29 is 19.1 Å². The summed E-state index contributed by atoms with van der Waals surface area (Å²) in [6.45, 7) is 15.3. The number of nitrogens with zero attached hydrogens (tertiary/aromatic N) is 1. The van der Waals surface area contributed by atoms with Gasteiger partial charge in [0.05, 0.1) is 10.7 Å². The Bertz CT molecular complexity index is 1150. The van der Waals surface area contributed by atoms with E-state index in [1.165, 1.54) is 0 Å². The molecule has 3 amide bonds. The van der Waals surface area contributed by atoms with E-state index in [1.807, 2.05) is 51.1 Å². The Morgan fingerprint density at radius 1 is 0.950 bits per heavy atom. The molecule has 2 aromatic carbocycles. The van der Waals surface area contributed by atoms with Crippen LogP contribution in [0.4, 0.5) is 10.5 Å². The van der Waals surface area contributed by atoms with E-state index in [9.17, 15) is 14.4 Å². The van der Waals surface area contributed by atoms with Crippen LogP contribution in [-0.4, -0.2) is 41.0 Å². The second-order valence-corrected chi connectivity index (χ2v) is 11.9. The molecule has 220 valence electrons. The lowest BCUT2D eigenvalue weighted by Gasteiger charge is -2.34. The number of anilines is 1. The highest BCUT2D eigenvalue weighted by Gasteiger charge is 2.35. The average Bonchev–Trinajstić information content (AvgIpc) is 2.85. The van der Waals surface area contributed by atoms with E-state index < -0.39 is 23.8 Å². The van der Waals surface area contributed by atoms with Gasteiger partial charge in [0.25, 0.3) is 5.91 Å². The van der Waals surface area contributed by atoms with Gasteiger partial charge in [-0.2, -0.15) is 0 Å². The zero-order valence-corrected chi connectivity index (χ0v) is 26.1. The number of carbonyl (C=O) groups is 3. The summed E-state index contributed by atoms with van der Waals surface area (Å²) in [6.07, 6.45) is 4.22. The first-order valence-corrected chi connectivity index (χ1v) is 14.6. The van der Waals surface area contributed by atoms with Gasteiger partial charge in [-0.05, 0) is 83.2 Å². The number of unbranched alkanes of at least 4 members (excludes halogenated alkanes) is 4. The first kappa shape index (κ1) is 33.1. The molecular weight excluding hydrogens is 526 g/mol. The number of halogens is 1.